The van der Waals surface area contributed by atoms with Crippen LogP contribution in [0.1, 0.15) is 53.4 Å². The third-order valence-corrected chi connectivity index (χ3v) is 6.26. The minimum Gasteiger partial charge on any atom is -0.327 e. The number of carbonyl (C=O) groups is 1. The number of fused-ring (bicyclic) bond motifs is 2. The minimum absolute atomic E-state index is 0.0528. The first kappa shape index (κ1) is 14.5. The van der Waals surface area contributed by atoms with Gasteiger partial charge in [0.2, 0.25) is 0 Å². The number of nitrogens with one attached hydrogen (secondary N) is 1. The average molecular weight is 278 g/mol. The second-order valence-corrected chi connectivity index (χ2v) is 8.52. The van der Waals surface area contributed by atoms with E-state index in [2.05, 4.69) is 33.0 Å². The average Bonchev–Trinajstić information content (AvgIpc) is 2.31. The molecule has 1 heterocycles. The lowest BCUT2D eigenvalue weighted by atomic mass is 9.57. The Morgan fingerprint density at radius 3 is 2.55 bits per heavy atom. The summed E-state index contributed by atoms with van der Waals surface area (Å²) in [4.78, 5) is 12.6. The summed E-state index contributed by atoms with van der Waals surface area (Å²) in [5, 5.41) is 3.85. The van der Waals surface area contributed by atoms with Gasteiger partial charge in [0.15, 0.2) is 0 Å². The Labute approximate surface area is 123 Å². The molecule has 0 aromatic rings. The monoisotopic (exact) mass is 278 g/mol. The number of hydrogen-bond acceptors (Lipinski definition) is 3. The van der Waals surface area contributed by atoms with Crippen molar-refractivity contribution in [2.75, 3.05) is 0 Å². The Kier molecular flexibility index (Phi) is 3.49. The van der Waals surface area contributed by atoms with Gasteiger partial charge in [-0.1, -0.05) is 34.1 Å². The Morgan fingerprint density at radius 1 is 1.20 bits per heavy atom. The van der Waals surface area contributed by atoms with Gasteiger partial charge in [-0.3, -0.25) is 4.79 Å². The van der Waals surface area contributed by atoms with E-state index < -0.39 is 0 Å². The van der Waals surface area contributed by atoms with Crippen molar-refractivity contribution in [2.24, 2.45) is 34.8 Å². The van der Waals surface area contributed by atoms with Crippen molar-refractivity contribution in [3.63, 3.8) is 0 Å². The molecule has 0 radical (unpaired) electrons. The number of Topliss-reactive ketones (excluding diaryl/α,β-unsaturated/α-hetero) is 1. The van der Waals surface area contributed by atoms with Gasteiger partial charge in [0.25, 0.3) is 0 Å². The van der Waals surface area contributed by atoms with Crippen LogP contribution in [0.3, 0.4) is 0 Å². The molecule has 0 bridgehead atoms. The second-order valence-electron chi connectivity index (χ2n) is 8.52. The zero-order chi connectivity index (χ0) is 14.7. The summed E-state index contributed by atoms with van der Waals surface area (Å²) in [6, 6.07) is 0.875. The van der Waals surface area contributed by atoms with Gasteiger partial charge < -0.3 is 11.1 Å². The van der Waals surface area contributed by atoms with E-state index >= 15 is 0 Å². The van der Waals surface area contributed by atoms with E-state index in [1.54, 1.807) is 0 Å². The summed E-state index contributed by atoms with van der Waals surface area (Å²) < 4.78 is 0. The summed E-state index contributed by atoms with van der Waals surface area (Å²) in [7, 11) is 0. The zero-order valence-electron chi connectivity index (χ0n) is 13.4. The van der Waals surface area contributed by atoms with Gasteiger partial charge in [-0.25, -0.2) is 0 Å². The molecule has 20 heavy (non-hydrogen) atoms. The molecule has 3 nitrogen and oxygen atoms in total. The van der Waals surface area contributed by atoms with Crippen LogP contribution < -0.4 is 11.1 Å². The fraction of sp³-hybridized carbons (Fsp3) is 0.941. The molecule has 2 saturated carbocycles. The SMILES string of the molecule is CC1CCC(C)C2C(N)C3C(=O)CC(C)(C)CC3NC12. The Bertz CT molecular complexity index is 404. The lowest BCUT2D eigenvalue weighted by Crippen LogP contribution is -2.69. The number of ketones is 1. The summed E-state index contributed by atoms with van der Waals surface area (Å²) in [6.07, 6.45) is 4.33. The molecule has 0 amide bonds. The molecule has 3 aliphatic rings. The topological polar surface area (TPSA) is 55.1 Å². The van der Waals surface area contributed by atoms with Crippen LogP contribution >= 0.6 is 0 Å². The lowest BCUT2D eigenvalue weighted by Gasteiger charge is -2.56. The Morgan fingerprint density at radius 2 is 1.85 bits per heavy atom. The van der Waals surface area contributed by atoms with E-state index in [-0.39, 0.29) is 17.4 Å². The highest BCUT2D eigenvalue weighted by Gasteiger charge is 2.53. The van der Waals surface area contributed by atoms with Gasteiger partial charge >= 0.3 is 0 Å². The lowest BCUT2D eigenvalue weighted by molar-refractivity contribution is -0.134. The number of rotatable bonds is 0. The van der Waals surface area contributed by atoms with Crippen molar-refractivity contribution in [3.8, 4) is 0 Å². The second kappa shape index (κ2) is 4.81. The highest BCUT2D eigenvalue weighted by atomic mass is 16.1. The van der Waals surface area contributed by atoms with Gasteiger partial charge in [-0.15, -0.1) is 0 Å². The molecule has 2 aliphatic carbocycles. The molecule has 7 unspecified atom stereocenters. The maximum atomic E-state index is 12.6. The highest BCUT2D eigenvalue weighted by molar-refractivity contribution is 5.84. The first-order valence-corrected chi connectivity index (χ1v) is 8.34. The Balaban J connectivity index is 1.89. The van der Waals surface area contributed by atoms with Gasteiger partial charge in [-0.2, -0.15) is 0 Å². The quantitative estimate of drug-likeness (QED) is 0.715. The minimum atomic E-state index is 0.0528. The van der Waals surface area contributed by atoms with E-state index in [1.165, 1.54) is 12.8 Å². The molecule has 3 N–H and O–H groups in total. The van der Waals surface area contributed by atoms with Gasteiger partial charge in [0, 0.05) is 30.5 Å². The van der Waals surface area contributed by atoms with Crippen LogP contribution in [0.4, 0.5) is 0 Å². The largest absolute Gasteiger partial charge is 0.327 e. The standard InChI is InChI=1S/C17H30N2O/c1-9-5-6-10(2)16-13(9)15(18)14-11(19-16)7-17(3,4)8-12(14)20/h9-11,13-16,19H,5-8,18H2,1-4H3. The highest BCUT2D eigenvalue weighted by Crippen LogP contribution is 2.46. The molecular formula is C17H30N2O. The van der Waals surface area contributed by atoms with Crippen molar-refractivity contribution in [1.29, 1.82) is 0 Å². The summed E-state index contributed by atoms with van der Waals surface area (Å²) in [6.45, 7) is 9.10. The maximum Gasteiger partial charge on any atom is 0.139 e. The van der Waals surface area contributed by atoms with Crippen LogP contribution in [0.25, 0.3) is 0 Å². The van der Waals surface area contributed by atoms with Gasteiger partial charge in [0.05, 0.1) is 0 Å². The van der Waals surface area contributed by atoms with E-state index in [0.29, 0.717) is 42.0 Å². The predicted octanol–water partition coefficient (Wildman–Crippen LogP) is 2.34. The number of hydrogen-bond donors (Lipinski definition) is 2. The van der Waals surface area contributed by atoms with Gasteiger partial charge in [-0.05, 0) is 36.0 Å². The van der Waals surface area contributed by atoms with Crippen LogP contribution in [-0.2, 0) is 4.79 Å². The molecule has 0 aromatic heterocycles. The molecule has 114 valence electrons. The Hall–Kier alpha value is -0.410. The number of carbonyl (C=O) groups excluding carboxylic acids is 1. The predicted molar refractivity (Wildman–Crippen MR) is 81.3 cm³/mol. The van der Waals surface area contributed by atoms with Gasteiger partial charge in [0.1, 0.15) is 5.78 Å². The van der Waals surface area contributed by atoms with Crippen LogP contribution in [0, 0.1) is 29.1 Å². The van der Waals surface area contributed by atoms with E-state index in [0.717, 1.165) is 6.42 Å². The smallest absolute Gasteiger partial charge is 0.139 e. The molecule has 3 fully saturated rings. The molecular weight excluding hydrogens is 248 g/mol. The first-order chi connectivity index (χ1) is 9.30. The summed E-state index contributed by atoms with van der Waals surface area (Å²) in [5.74, 6) is 2.25. The number of nitrogens with two attached hydrogens (primary N) is 1. The van der Waals surface area contributed by atoms with Crippen molar-refractivity contribution < 1.29 is 4.79 Å². The molecule has 1 saturated heterocycles. The molecule has 3 heteroatoms. The van der Waals surface area contributed by atoms with Crippen molar-refractivity contribution in [1.82, 2.24) is 5.32 Å². The van der Waals surface area contributed by atoms with Crippen LogP contribution in [0.5, 0.6) is 0 Å². The van der Waals surface area contributed by atoms with Crippen LogP contribution in [-0.4, -0.2) is 23.9 Å². The van der Waals surface area contributed by atoms with Crippen LogP contribution in [0.15, 0.2) is 0 Å². The molecule has 3 rings (SSSR count). The maximum absolute atomic E-state index is 12.6. The van der Waals surface area contributed by atoms with Crippen molar-refractivity contribution >= 4 is 5.78 Å². The molecule has 1 aliphatic heterocycles. The van der Waals surface area contributed by atoms with E-state index in [1.807, 2.05) is 0 Å². The van der Waals surface area contributed by atoms with Crippen molar-refractivity contribution in [2.45, 2.75) is 71.5 Å². The van der Waals surface area contributed by atoms with E-state index in [4.69, 9.17) is 5.73 Å². The first-order valence-electron chi connectivity index (χ1n) is 8.34. The van der Waals surface area contributed by atoms with Crippen LogP contribution in [0.2, 0.25) is 0 Å². The third-order valence-electron chi connectivity index (χ3n) is 6.26. The zero-order valence-corrected chi connectivity index (χ0v) is 13.4. The number of piperidine rings is 1. The van der Waals surface area contributed by atoms with E-state index in [9.17, 15) is 4.79 Å². The molecule has 0 spiro atoms. The summed E-state index contributed by atoms with van der Waals surface area (Å²) >= 11 is 0. The fourth-order valence-corrected chi connectivity index (χ4v) is 5.27. The molecule has 0 aromatic carbocycles. The summed E-state index contributed by atoms with van der Waals surface area (Å²) in [5.41, 5.74) is 6.74. The fourth-order valence-electron chi connectivity index (χ4n) is 5.27. The third kappa shape index (κ3) is 2.23. The normalized spacial score (nSPS) is 51.2. The molecule has 7 atom stereocenters. The van der Waals surface area contributed by atoms with Crippen molar-refractivity contribution in [3.05, 3.63) is 0 Å².